The molecular weight excluding hydrogens is 244 g/mol. The van der Waals surface area contributed by atoms with E-state index in [1.807, 2.05) is 0 Å². The van der Waals surface area contributed by atoms with Gasteiger partial charge in [0.1, 0.15) is 0 Å². The molecule has 0 radical (unpaired) electrons. The van der Waals surface area contributed by atoms with Crippen molar-refractivity contribution in [3.05, 3.63) is 71.3 Å². The molecule has 0 bridgehead atoms. The lowest BCUT2D eigenvalue weighted by Gasteiger charge is -2.22. The van der Waals surface area contributed by atoms with E-state index in [1.165, 1.54) is 21.9 Å². The largest absolute Gasteiger partial charge is 0.0784 e. The highest BCUT2D eigenvalue weighted by Crippen LogP contribution is 2.28. The van der Waals surface area contributed by atoms with Crippen molar-refractivity contribution >= 4 is 19.3 Å². The van der Waals surface area contributed by atoms with Crippen LogP contribution < -0.4 is 0 Å². The zero-order chi connectivity index (χ0) is 13.9. The zero-order valence-electron chi connectivity index (χ0n) is 12.3. The van der Waals surface area contributed by atoms with Crippen LogP contribution in [0.15, 0.2) is 54.6 Å². The minimum absolute atomic E-state index is 1.31. The Kier molecular flexibility index (Phi) is 4.06. The van der Waals surface area contributed by atoms with E-state index < -0.39 is 8.07 Å². The molecule has 0 aliphatic rings. The Balaban J connectivity index is 2.51. The van der Waals surface area contributed by atoms with Gasteiger partial charge in [-0.2, -0.15) is 0 Å². The van der Waals surface area contributed by atoms with Crippen LogP contribution in [0, 0.1) is 6.92 Å². The fraction of sp³-hybridized carbons (Fsp3) is 0.222. The molecule has 2 aromatic rings. The first-order chi connectivity index (χ1) is 8.97. The highest BCUT2D eigenvalue weighted by molar-refractivity contribution is 6.94. The normalized spacial score (nSPS) is 12.5. The van der Waals surface area contributed by atoms with E-state index >= 15 is 0 Å². The summed E-state index contributed by atoms with van der Waals surface area (Å²) >= 11 is 0. The number of rotatable bonds is 3. The lowest BCUT2D eigenvalue weighted by molar-refractivity contribution is 1.46. The Morgan fingerprint density at radius 2 is 1.58 bits per heavy atom. The van der Waals surface area contributed by atoms with Gasteiger partial charge in [0.25, 0.3) is 0 Å². The fourth-order valence-corrected chi connectivity index (χ4v) is 3.91. The van der Waals surface area contributed by atoms with Crippen LogP contribution in [0.2, 0.25) is 19.6 Å². The summed E-state index contributed by atoms with van der Waals surface area (Å²) < 4.78 is 0. The van der Waals surface area contributed by atoms with E-state index in [9.17, 15) is 0 Å². The molecule has 0 aromatic heterocycles. The lowest BCUT2D eigenvalue weighted by atomic mass is 10.1. The molecule has 0 heterocycles. The summed E-state index contributed by atoms with van der Waals surface area (Å²) in [5.41, 5.74) is 3.99. The summed E-state index contributed by atoms with van der Waals surface area (Å²) in [4.78, 5) is 0. The molecule has 0 saturated heterocycles. The van der Waals surface area contributed by atoms with Crippen LogP contribution in [0.25, 0.3) is 11.3 Å². The van der Waals surface area contributed by atoms with Gasteiger partial charge >= 0.3 is 0 Å². The first kappa shape index (κ1) is 13.8. The fourth-order valence-electron chi connectivity index (χ4n) is 2.28. The molecule has 2 rings (SSSR count). The van der Waals surface area contributed by atoms with Crippen LogP contribution in [-0.2, 0) is 0 Å². The number of hydrogen-bond donors (Lipinski definition) is 0. The quantitative estimate of drug-likeness (QED) is 0.514. The van der Waals surface area contributed by atoms with E-state index in [4.69, 9.17) is 0 Å². The summed E-state index contributed by atoms with van der Waals surface area (Å²) in [5, 5.41) is 1.51. The summed E-state index contributed by atoms with van der Waals surface area (Å²) in [5.74, 6) is 0. The van der Waals surface area contributed by atoms with Gasteiger partial charge in [0.2, 0.25) is 0 Å². The monoisotopic (exact) mass is 266 g/mol. The molecule has 2 aromatic carbocycles. The molecule has 0 N–H and O–H groups in total. The summed E-state index contributed by atoms with van der Waals surface area (Å²) in [7, 11) is -1.37. The van der Waals surface area contributed by atoms with Crippen molar-refractivity contribution in [2.75, 3.05) is 0 Å². The Morgan fingerprint density at radius 3 is 2.16 bits per heavy atom. The zero-order valence-corrected chi connectivity index (χ0v) is 13.3. The third kappa shape index (κ3) is 3.68. The first-order valence-electron chi connectivity index (χ1n) is 6.81. The molecule has 98 valence electrons. The van der Waals surface area contributed by atoms with Crippen molar-refractivity contribution in [3.8, 4) is 0 Å². The minimum Gasteiger partial charge on any atom is -0.0656 e. The number of hydrogen-bond acceptors (Lipinski definition) is 0. The van der Waals surface area contributed by atoms with Gasteiger partial charge in [-0.1, -0.05) is 91.1 Å². The molecule has 1 heteroatoms. The Hall–Kier alpha value is -1.60. The molecule has 0 unspecified atom stereocenters. The SMILES string of the molecule is Cc1cccc(/C=C(/c2ccccc2)[Si](C)(C)C)c1. The van der Waals surface area contributed by atoms with Crippen LogP contribution in [0.3, 0.4) is 0 Å². The standard InChI is InChI=1S/C18H22Si/c1-15-9-8-10-16(13-15)14-18(19(2,3)4)17-11-6-5-7-12-17/h5-14H,1-4H3/b18-14-. The Labute approximate surface area is 117 Å². The Bertz CT molecular complexity index is 574. The molecule has 0 nitrogen and oxygen atoms in total. The first-order valence-corrected chi connectivity index (χ1v) is 10.3. The second-order valence-corrected chi connectivity index (χ2v) is 11.1. The van der Waals surface area contributed by atoms with Gasteiger partial charge in [-0.15, -0.1) is 0 Å². The maximum atomic E-state index is 2.40. The summed E-state index contributed by atoms with van der Waals surface area (Å²) in [6, 6.07) is 19.5. The maximum absolute atomic E-state index is 2.40. The van der Waals surface area contributed by atoms with E-state index in [-0.39, 0.29) is 0 Å². The smallest absolute Gasteiger partial charge is 0.0656 e. The van der Waals surface area contributed by atoms with Crippen molar-refractivity contribution in [2.45, 2.75) is 26.6 Å². The predicted octanol–water partition coefficient (Wildman–Crippen LogP) is 5.41. The average Bonchev–Trinajstić information content (AvgIpc) is 2.36. The highest BCUT2D eigenvalue weighted by atomic mass is 28.3. The minimum atomic E-state index is -1.37. The van der Waals surface area contributed by atoms with E-state index in [1.54, 1.807) is 0 Å². The van der Waals surface area contributed by atoms with Crippen molar-refractivity contribution < 1.29 is 0 Å². The van der Waals surface area contributed by atoms with Gasteiger partial charge in [-0.05, 0) is 18.1 Å². The van der Waals surface area contributed by atoms with Crippen LogP contribution in [0.5, 0.6) is 0 Å². The van der Waals surface area contributed by atoms with Crippen molar-refractivity contribution in [1.29, 1.82) is 0 Å². The predicted molar refractivity (Wildman–Crippen MR) is 88.8 cm³/mol. The number of benzene rings is 2. The van der Waals surface area contributed by atoms with Crippen LogP contribution in [-0.4, -0.2) is 8.07 Å². The number of aryl methyl sites for hydroxylation is 1. The maximum Gasteiger partial charge on any atom is 0.0784 e. The highest BCUT2D eigenvalue weighted by Gasteiger charge is 2.20. The van der Waals surface area contributed by atoms with E-state index in [0.29, 0.717) is 0 Å². The second-order valence-electron chi connectivity index (χ2n) is 6.09. The lowest BCUT2D eigenvalue weighted by Crippen LogP contribution is -2.22. The van der Waals surface area contributed by atoms with Crippen LogP contribution in [0.1, 0.15) is 16.7 Å². The van der Waals surface area contributed by atoms with Crippen molar-refractivity contribution in [1.82, 2.24) is 0 Å². The van der Waals surface area contributed by atoms with Crippen molar-refractivity contribution in [2.24, 2.45) is 0 Å². The van der Waals surface area contributed by atoms with Gasteiger partial charge in [0, 0.05) is 0 Å². The summed E-state index contributed by atoms with van der Waals surface area (Å²) in [6.45, 7) is 9.36. The molecular formula is C18H22Si. The molecule has 19 heavy (non-hydrogen) atoms. The van der Waals surface area contributed by atoms with Gasteiger partial charge in [0.05, 0.1) is 8.07 Å². The topological polar surface area (TPSA) is 0 Å². The van der Waals surface area contributed by atoms with E-state index in [0.717, 1.165) is 0 Å². The second kappa shape index (κ2) is 5.58. The summed E-state index contributed by atoms with van der Waals surface area (Å²) in [6.07, 6.45) is 2.37. The van der Waals surface area contributed by atoms with Gasteiger partial charge in [-0.3, -0.25) is 0 Å². The molecule has 0 aliphatic heterocycles. The van der Waals surface area contributed by atoms with Gasteiger partial charge < -0.3 is 0 Å². The molecule has 0 spiro atoms. The average molecular weight is 266 g/mol. The van der Waals surface area contributed by atoms with Crippen LogP contribution >= 0.6 is 0 Å². The molecule has 0 amide bonds. The molecule has 0 fully saturated rings. The van der Waals surface area contributed by atoms with Crippen LogP contribution in [0.4, 0.5) is 0 Å². The van der Waals surface area contributed by atoms with Gasteiger partial charge in [0.15, 0.2) is 0 Å². The third-order valence-corrected chi connectivity index (χ3v) is 5.29. The molecule has 0 saturated carbocycles. The van der Waals surface area contributed by atoms with Crippen molar-refractivity contribution in [3.63, 3.8) is 0 Å². The third-order valence-electron chi connectivity index (χ3n) is 3.25. The molecule has 0 aliphatic carbocycles. The molecule has 0 atom stereocenters. The Morgan fingerprint density at radius 1 is 0.895 bits per heavy atom. The van der Waals surface area contributed by atoms with E-state index in [2.05, 4.69) is 87.2 Å². The van der Waals surface area contributed by atoms with Gasteiger partial charge in [-0.25, -0.2) is 0 Å².